The van der Waals surface area contributed by atoms with Gasteiger partial charge in [0, 0.05) is 0 Å². The molecule has 0 aliphatic rings. The highest BCUT2D eigenvalue weighted by atomic mass is 32.2. The van der Waals surface area contributed by atoms with Crippen LogP contribution in [0.5, 0.6) is 0 Å². The van der Waals surface area contributed by atoms with E-state index in [-0.39, 0.29) is 11.2 Å². The van der Waals surface area contributed by atoms with Crippen molar-refractivity contribution < 1.29 is 10.0 Å². The summed E-state index contributed by atoms with van der Waals surface area (Å²) in [5, 5.41) is 10.0. The average molecular weight is 203 g/mol. The maximum atomic E-state index is 10.9. The first-order valence-corrected chi connectivity index (χ1v) is 5.14. The Morgan fingerprint density at radius 1 is 1.83 bits per heavy atom. The van der Waals surface area contributed by atoms with Crippen LogP contribution in [0.2, 0.25) is 0 Å². The van der Waals surface area contributed by atoms with Gasteiger partial charge in [-0.25, -0.2) is 5.48 Å². The highest BCUT2D eigenvalue weighted by Crippen LogP contribution is 2.27. The molecule has 0 fully saturated rings. The topological polar surface area (TPSA) is 49.3 Å². The Morgan fingerprint density at radius 2 is 2.58 bits per heavy atom. The number of carbonyl (C=O) groups is 1. The predicted octanol–water partition coefficient (Wildman–Crippen LogP) is 1.73. The number of thiophene rings is 1. The molecule has 12 heavy (non-hydrogen) atoms. The van der Waals surface area contributed by atoms with Gasteiger partial charge in [0.15, 0.2) is 0 Å². The molecule has 0 aliphatic carbocycles. The SMILES string of the molecule is CC(Sc1cccs1)C(=O)NO. The van der Waals surface area contributed by atoms with Gasteiger partial charge in [0.25, 0.3) is 5.91 Å². The van der Waals surface area contributed by atoms with Gasteiger partial charge in [0.2, 0.25) is 0 Å². The molecule has 0 bridgehead atoms. The summed E-state index contributed by atoms with van der Waals surface area (Å²) in [7, 11) is 0. The molecule has 1 atom stereocenters. The summed E-state index contributed by atoms with van der Waals surface area (Å²) in [4.78, 5) is 10.9. The molecule has 3 nitrogen and oxygen atoms in total. The molecule has 0 saturated heterocycles. The number of hydrogen-bond acceptors (Lipinski definition) is 4. The van der Waals surface area contributed by atoms with Gasteiger partial charge < -0.3 is 0 Å². The number of rotatable bonds is 3. The number of thioether (sulfide) groups is 1. The maximum Gasteiger partial charge on any atom is 0.256 e. The van der Waals surface area contributed by atoms with Gasteiger partial charge in [-0.15, -0.1) is 23.1 Å². The Labute approximate surface area is 78.7 Å². The Balaban J connectivity index is 2.47. The second-order valence-corrected chi connectivity index (χ2v) is 4.76. The van der Waals surface area contributed by atoms with E-state index in [1.807, 2.05) is 17.5 Å². The Morgan fingerprint density at radius 3 is 3.08 bits per heavy atom. The molecular weight excluding hydrogens is 194 g/mol. The van der Waals surface area contributed by atoms with Crippen LogP contribution in [0.1, 0.15) is 6.92 Å². The smallest absolute Gasteiger partial charge is 0.256 e. The van der Waals surface area contributed by atoms with Crippen LogP contribution in [0.15, 0.2) is 21.7 Å². The quantitative estimate of drug-likeness (QED) is 0.447. The monoisotopic (exact) mass is 203 g/mol. The molecule has 0 spiro atoms. The second kappa shape index (κ2) is 4.49. The zero-order valence-corrected chi connectivity index (χ0v) is 8.11. The minimum absolute atomic E-state index is 0.256. The minimum Gasteiger partial charge on any atom is -0.289 e. The van der Waals surface area contributed by atoms with Gasteiger partial charge in [-0.2, -0.15) is 0 Å². The Bertz CT molecular complexity index is 248. The number of amides is 1. The number of carbonyl (C=O) groups excluding carboxylic acids is 1. The van der Waals surface area contributed by atoms with Crippen LogP contribution >= 0.6 is 23.1 Å². The van der Waals surface area contributed by atoms with E-state index in [0.717, 1.165) is 4.21 Å². The summed E-state index contributed by atoms with van der Waals surface area (Å²) < 4.78 is 1.08. The van der Waals surface area contributed by atoms with Gasteiger partial charge in [-0.3, -0.25) is 10.0 Å². The standard InChI is InChI=1S/C7H9NO2S2/c1-5(7(9)8-10)12-6-3-2-4-11-6/h2-5,10H,1H3,(H,8,9). The third-order valence-corrected chi connectivity index (χ3v) is 3.44. The highest BCUT2D eigenvalue weighted by Gasteiger charge is 2.13. The molecule has 0 aliphatic heterocycles. The number of hydroxylamine groups is 1. The van der Waals surface area contributed by atoms with Gasteiger partial charge in [0.05, 0.1) is 9.46 Å². The zero-order chi connectivity index (χ0) is 8.97. The predicted molar refractivity (Wildman–Crippen MR) is 49.6 cm³/mol. The first kappa shape index (κ1) is 9.57. The largest absolute Gasteiger partial charge is 0.289 e. The molecule has 1 amide bonds. The molecule has 1 aromatic heterocycles. The van der Waals surface area contributed by atoms with Crippen molar-refractivity contribution in [3.05, 3.63) is 17.5 Å². The van der Waals surface area contributed by atoms with E-state index < -0.39 is 0 Å². The average Bonchev–Trinajstić information content (AvgIpc) is 2.55. The maximum absolute atomic E-state index is 10.9. The first-order valence-electron chi connectivity index (χ1n) is 3.38. The molecule has 0 radical (unpaired) electrons. The zero-order valence-electron chi connectivity index (χ0n) is 6.48. The first-order chi connectivity index (χ1) is 5.74. The molecule has 0 aromatic carbocycles. The third kappa shape index (κ3) is 2.51. The van der Waals surface area contributed by atoms with Crippen LogP contribution in [-0.2, 0) is 4.79 Å². The molecule has 1 rings (SSSR count). The van der Waals surface area contributed by atoms with Crippen molar-refractivity contribution in [3.63, 3.8) is 0 Å². The molecule has 1 unspecified atom stereocenters. The van der Waals surface area contributed by atoms with E-state index >= 15 is 0 Å². The van der Waals surface area contributed by atoms with E-state index in [2.05, 4.69) is 0 Å². The van der Waals surface area contributed by atoms with Crippen molar-refractivity contribution in [1.82, 2.24) is 5.48 Å². The second-order valence-electron chi connectivity index (χ2n) is 2.17. The van der Waals surface area contributed by atoms with E-state index in [0.29, 0.717) is 0 Å². The summed E-state index contributed by atoms with van der Waals surface area (Å²) in [6.45, 7) is 1.75. The van der Waals surface area contributed by atoms with Crippen molar-refractivity contribution >= 4 is 29.0 Å². The minimum atomic E-state index is -0.367. The lowest BCUT2D eigenvalue weighted by Crippen LogP contribution is -2.27. The van der Waals surface area contributed by atoms with Crippen molar-refractivity contribution in [1.29, 1.82) is 0 Å². The Kier molecular flexibility index (Phi) is 3.58. The van der Waals surface area contributed by atoms with Crippen LogP contribution in [0.25, 0.3) is 0 Å². The van der Waals surface area contributed by atoms with E-state index in [1.165, 1.54) is 11.8 Å². The van der Waals surface area contributed by atoms with Crippen molar-refractivity contribution in [2.24, 2.45) is 0 Å². The lowest BCUT2D eigenvalue weighted by atomic mass is 10.5. The fourth-order valence-electron chi connectivity index (χ4n) is 0.649. The molecule has 0 saturated carbocycles. The van der Waals surface area contributed by atoms with Gasteiger partial charge in [-0.05, 0) is 18.4 Å². The van der Waals surface area contributed by atoms with Crippen LogP contribution in [0.3, 0.4) is 0 Å². The summed E-state index contributed by atoms with van der Waals surface area (Å²) in [6, 6.07) is 3.87. The lowest BCUT2D eigenvalue weighted by molar-refractivity contribution is -0.128. The number of nitrogens with one attached hydrogen (secondary N) is 1. The van der Waals surface area contributed by atoms with Crippen LogP contribution in [0.4, 0.5) is 0 Å². The fraction of sp³-hybridized carbons (Fsp3) is 0.286. The van der Waals surface area contributed by atoms with Crippen LogP contribution in [-0.4, -0.2) is 16.4 Å². The molecule has 1 heterocycles. The summed E-state index contributed by atoms with van der Waals surface area (Å²) in [6.07, 6.45) is 0. The Hall–Kier alpha value is -0.520. The van der Waals surface area contributed by atoms with Gasteiger partial charge in [-0.1, -0.05) is 6.07 Å². The fourth-order valence-corrected chi connectivity index (χ4v) is 2.58. The normalized spacial score (nSPS) is 12.5. The summed E-state index contributed by atoms with van der Waals surface area (Å²) in [5.74, 6) is -0.367. The van der Waals surface area contributed by atoms with Crippen molar-refractivity contribution in [2.45, 2.75) is 16.4 Å². The van der Waals surface area contributed by atoms with Crippen LogP contribution < -0.4 is 5.48 Å². The lowest BCUT2D eigenvalue weighted by Gasteiger charge is -2.05. The molecule has 5 heteroatoms. The van der Waals surface area contributed by atoms with E-state index in [9.17, 15) is 4.79 Å². The third-order valence-electron chi connectivity index (χ3n) is 1.27. The van der Waals surface area contributed by atoms with E-state index in [4.69, 9.17) is 5.21 Å². The van der Waals surface area contributed by atoms with E-state index in [1.54, 1.807) is 23.7 Å². The molecule has 66 valence electrons. The van der Waals surface area contributed by atoms with Crippen molar-refractivity contribution in [2.75, 3.05) is 0 Å². The van der Waals surface area contributed by atoms with Gasteiger partial charge in [0.1, 0.15) is 0 Å². The highest BCUT2D eigenvalue weighted by molar-refractivity contribution is 8.02. The molecule has 1 aromatic rings. The van der Waals surface area contributed by atoms with Crippen LogP contribution in [0, 0.1) is 0 Å². The van der Waals surface area contributed by atoms with Crippen molar-refractivity contribution in [3.8, 4) is 0 Å². The van der Waals surface area contributed by atoms with Gasteiger partial charge >= 0.3 is 0 Å². The number of hydrogen-bond donors (Lipinski definition) is 2. The summed E-state index contributed by atoms with van der Waals surface area (Å²) in [5.41, 5.74) is 1.62. The summed E-state index contributed by atoms with van der Waals surface area (Å²) >= 11 is 3.01. The molecular formula is C7H9NO2S2. The molecule has 2 N–H and O–H groups in total.